The first-order chi connectivity index (χ1) is 23.3. The quantitative estimate of drug-likeness (QED) is 0.311. The number of carbonyl (C=O) groups excluding carboxylic acids is 5. The Morgan fingerprint density at radius 2 is 1.43 bits per heavy atom. The molecule has 1 N–H and O–H groups in total. The van der Waals surface area contributed by atoms with Gasteiger partial charge >= 0.3 is 0 Å². The molecule has 0 spiro atoms. The molecule has 3 saturated heterocycles. The molecule has 0 aromatic heterocycles. The molecule has 274 valence electrons. The molecule has 3 saturated carbocycles. The highest BCUT2D eigenvalue weighted by Gasteiger charge is 2.69. The van der Waals surface area contributed by atoms with Crippen LogP contribution in [-0.4, -0.2) is 72.1 Å². The Balaban J connectivity index is 1.21. The monoisotopic (exact) mass is 700 g/mol. The van der Waals surface area contributed by atoms with E-state index in [1.807, 2.05) is 0 Å². The second kappa shape index (κ2) is 14.9. The summed E-state index contributed by atoms with van der Waals surface area (Å²) in [6.07, 6.45) is 16.0. The number of nitrogens with one attached hydrogen (secondary N) is 1. The number of ketones is 3. The lowest BCUT2D eigenvalue weighted by Gasteiger charge is -2.47. The molecule has 0 bridgehead atoms. The summed E-state index contributed by atoms with van der Waals surface area (Å²) in [5.41, 5.74) is -0.608. The predicted octanol–water partition coefficient (Wildman–Crippen LogP) is 5.91. The SMILES string of the molecule is CC1(C)[C@@H]2[C@H]3C(=O)C[C@H](C(=O)C(=O)NC4CC4)CCCCCCCCCC[C@H](CC(=O)CC4([C@H]5CCS5(=O)=O)CCCCC4)C(=O)N3C[C@@H]21. The normalized spacial score (nSPS) is 34.9. The first-order valence-corrected chi connectivity index (χ1v) is 21.5. The molecule has 0 aromatic carbocycles. The minimum absolute atomic E-state index is 0.00718. The summed E-state index contributed by atoms with van der Waals surface area (Å²) in [5.74, 6) is -2.21. The lowest BCUT2D eigenvalue weighted by atomic mass is 9.67. The van der Waals surface area contributed by atoms with E-state index in [0.29, 0.717) is 25.8 Å². The summed E-state index contributed by atoms with van der Waals surface area (Å²) < 4.78 is 25.7. The van der Waals surface area contributed by atoms with Crippen molar-refractivity contribution in [3.05, 3.63) is 0 Å². The molecular weight excluding hydrogens is 641 g/mol. The maximum absolute atomic E-state index is 14.6. The largest absolute Gasteiger partial charge is 0.347 e. The highest BCUT2D eigenvalue weighted by molar-refractivity contribution is 7.93. The van der Waals surface area contributed by atoms with E-state index >= 15 is 0 Å². The van der Waals surface area contributed by atoms with Crippen LogP contribution in [-0.2, 0) is 33.8 Å². The number of Topliss-reactive ketones (excluding diaryl/α,β-unsaturated/α-hetero) is 3. The zero-order chi connectivity index (χ0) is 35.0. The average Bonchev–Trinajstić information content (AvgIpc) is 3.90. The number of carbonyl (C=O) groups is 5. The van der Waals surface area contributed by atoms with Crippen LogP contribution in [0.1, 0.15) is 149 Å². The summed E-state index contributed by atoms with van der Waals surface area (Å²) in [7, 11) is -3.17. The maximum atomic E-state index is 14.6. The summed E-state index contributed by atoms with van der Waals surface area (Å²) in [6, 6.07) is -0.587. The third-order valence-corrected chi connectivity index (χ3v) is 16.0. The van der Waals surface area contributed by atoms with Crippen molar-refractivity contribution < 1.29 is 32.4 Å². The van der Waals surface area contributed by atoms with Crippen molar-refractivity contribution in [3.63, 3.8) is 0 Å². The van der Waals surface area contributed by atoms with Gasteiger partial charge < -0.3 is 10.2 Å². The lowest BCUT2D eigenvalue weighted by Crippen LogP contribution is -2.52. The van der Waals surface area contributed by atoms with Crippen LogP contribution < -0.4 is 5.32 Å². The second-order valence-electron chi connectivity index (χ2n) is 17.5. The number of hydrogen-bond acceptors (Lipinski definition) is 7. The van der Waals surface area contributed by atoms with Gasteiger partial charge in [-0.1, -0.05) is 84.5 Å². The van der Waals surface area contributed by atoms with Crippen molar-refractivity contribution in [2.45, 2.75) is 166 Å². The average molecular weight is 701 g/mol. The first-order valence-electron chi connectivity index (χ1n) is 19.8. The highest BCUT2D eigenvalue weighted by Crippen LogP contribution is 2.65. The van der Waals surface area contributed by atoms with Gasteiger partial charge in [-0.3, -0.25) is 24.0 Å². The number of nitrogens with zero attached hydrogens (tertiary/aromatic N) is 1. The molecule has 6 rings (SSSR count). The standard InChI is InChI=1S/C39H60N2O7S/c1-38(2)30-25-41-34(33(30)38)31(43)23-26(35(44)36(45)40-28-16-17-28)14-10-7-5-3-4-6-8-11-15-27(37(41)46)22-29(42)24-39(19-12-9-13-20-39)32-18-21-49(32,47)48/h26-28,30,32-34H,3-25H2,1-2H3,(H,40,45)/t26-,27-,30+,32-,33+,34-/m1/s1. The van der Waals surface area contributed by atoms with Crippen LogP contribution >= 0.6 is 0 Å². The van der Waals surface area contributed by atoms with Crippen molar-refractivity contribution in [2.24, 2.45) is 34.5 Å². The van der Waals surface area contributed by atoms with Gasteiger partial charge in [-0.2, -0.15) is 0 Å². The summed E-state index contributed by atoms with van der Waals surface area (Å²) in [4.78, 5) is 70.9. The molecule has 10 heteroatoms. The van der Waals surface area contributed by atoms with Crippen LogP contribution in [0.15, 0.2) is 0 Å². The van der Waals surface area contributed by atoms with E-state index in [-0.39, 0.29) is 65.8 Å². The van der Waals surface area contributed by atoms with Gasteiger partial charge in [-0.05, 0) is 67.6 Å². The molecule has 49 heavy (non-hydrogen) atoms. The van der Waals surface area contributed by atoms with Gasteiger partial charge in [0.2, 0.25) is 11.7 Å². The lowest BCUT2D eigenvalue weighted by molar-refractivity contribution is -0.146. The summed E-state index contributed by atoms with van der Waals surface area (Å²) in [6.45, 7) is 4.76. The van der Waals surface area contributed by atoms with Gasteiger partial charge in [-0.15, -0.1) is 0 Å². The molecule has 3 aliphatic heterocycles. The van der Waals surface area contributed by atoms with Crippen LogP contribution in [0.4, 0.5) is 0 Å². The number of hydrogen-bond donors (Lipinski definition) is 1. The van der Waals surface area contributed by atoms with Crippen molar-refractivity contribution in [1.82, 2.24) is 10.2 Å². The van der Waals surface area contributed by atoms with Gasteiger partial charge in [0, 0.05) is 43.7 Å². The Morgan fingerprint density at radius 1 is 0.816 bits per heavy atom. The van der Waals surface area contributed by atoms with Crippen LogP contribution in [0, 0.1) is 34.5 Å². The third-order valence-electron chi connectivity index (χ3n) is 13.6. The molecule has 0 aromatic rings. The minimum atomic E-state index is -3.17. The Morgan fingerprint density at radius 3 is 2.02 bits per heavy atom. The number of rotatable bonds is 8. The van der Waals surface area contributed by atoms with Crippen LogP contribution in [0.3, 0.4) is 0 Å². The van der Waals surface area contributed by atoms with Gasteiger partial charge in [0.15, 0.2) is 15.6 Å². The van der Waals surface area contributed by atoms with Crippen molar-refractivity contribution >= 4 is 39.0 Å². The van der Waals surface area contributed by atoms with Gasteiger partial charge in [0.25, 0.3) is 5.91 Å². The van der Waals surface area contributed by atoms with Crippen molar-refractivity contribution in [1.29, 1.82) is 0 Å². The number of fused-ring (bicyclic) bond motifs is 3. The van der Waals surface area contributed by atoms with E-state index in [9.17, 15) is 32.4 Å². The zero-order valence-electron chi connectivity index (χ0n) is 30.0. The summed E-state index contributed by atoms with van der Waals surface area (Å²) >= 11 is 0. The van der Waals surface area contributed by atoms with Crippen LogP contribution in [0.2, 0.25) is 0 Å². The molecule has 2 amide bonds. The molecule has 6 fully saturated rings. The highest BCUT2D eigenvalue weighted by atomic mass is 32.2. The Labute approximate surface area is 293 Å². The van der Waals surface area contributed by atoms with E-state index < -0.39 is 50.1 Å². The third kappa shape index (κ3) is 8.04. The smallest absolute Gasteiger partial charge is 0.287 e. The minimum Gasteiger partial charge on any atom is -0.347 e. The second-order valence-corrected chi connectivity index (χ2v) is 19.8. The Bertz CT molecular complexity index is 1400. The van der Waals surface area contributed by atoms with E-state index in [1.54, 1.807) is 4.90 Å². The van der Waals surface area contributed by atoms with Gasteiger partial charge in [0.05, 0.1) is 17.0 Å². The van der Waals surface area contributed by atoms with Crippen LogP contribution in [0.5, 0.6) is 0 Å². The van der Waals surface area contributed by atoms with E-state index in [4.69, 9.17) is 0 Å². The fourth-order valence-electron chi connectivity index (χ4n) is 10.4. The molecular formula is C39H60N2O7S. The first kappa shape index (κ1) is 36.7. The number of amides is 2. The fourth-order valence-corrected chi connectivity index (χ4v) is 12.3. The molecule has 0 unspecified atom stereocenters. The molecule has 6 aliphatic rings. The molecule has 9 nitrogen and oxygen atoms in total. The molecule has 3 aliphatic carbocycles. The predicted molar refractivity (Wildman–Crippen MR) is 187 cm³/mol. The van der Waals surface area contributed by atoms with Crippen molar-refractivity contribution in [2.75, 3.05) is 12.3 Å². The van der Waals surface area contributed by atoms with Gasteiger partial charge in [0.1, 0.15) is 5.78 Å². The zero-order valence-corrected chi connectivity index (χ0v) is 30.8. The number of piperidine rings is 1. The van der Waals surface area contributed by atoms with E-state index in [1.165, 1.54) is 0 Å². The molecule has 3 heterocycles. The molecule has 6 atom stereocenters. The number of sulfone groups is 1. The Hall–Kier alpha value is -2.10. The van der Waals surface area contributed by atoms with Crippen LogP contribution in [0.25, 0.3) is 0 Å². The summed E-state index contributed by atoms with van der Waals surface area (Å²) in [5, 5.41) is 2.37. The fraction of sp³-hybridized carbons (Fsp3) is 0.872. The van der Waals surface area contributed by atoms with Gasteiger partial charge in [-0.25, -0.2) is 8.42 Å². The maximum Gasteiger partial charge on any atom is 0.287 e. The van der Waals surface area contributed by atoms with Crippen molar-refractivity contribution in [3.8, 4) is 0 Å². The Kier molecular flexibility index (Phi) is 11.1. The topological polar surface area (TPSA) is 135 Å². The van der Waals surface area contributed by atoms with E-state index in [2.05, 4.69) is 19.2 Å². The molecule has 0 radical (unpaired) electrons. The van der Waals surface area contributed by atoms with E-state index in [0.717, 1.165) is 96.3 Å².